The van der Waals surface area contributed by atoms with Crippen LogP contribution < -0.4 is 5.73 Å². The van der Waals surface area contributed by atoms with E-state index < -0.39 is 0 Å². The van der Waals surface area contributed by atoms with Crippen molar-refractivity contribution in [3.8, 4) is 34.2 Å². The summed E-state index contributed by atoms with van der Waals surface area (Å²) >= 11 is 0. The third kappa shape index (κ3) is 12.1. The third-order valence-electron chi connectivity index (χ3n) is 5.62. The minimum Gasteiger partial charge on any atom is -0.330 e. The quantitative estimate of drug-likeness (QED) is 0.191. The van der Waals surface area contributed by atoms with Gasteiger partial charge in [0.05, 0.1) is 34.2 Å². The van der Waals surface area contributed by atoms with Crippen molar-refractivity contribution >= 4 is 0 Å². The average Bonchev–Trinajstić information content (AvgIpc) is 3.04. The molecule has 0 atom stereocenters. The summed E-state index contributed by atoms with van der Waals surface area (Å²) in [5.41, 5.74) is 13.4. The molecule has 43 heavy (non-hydrogen) atoms. The van der Waals surface area contributed by atoms with Crippen LogP contribution in [0.3, 0.4) is 0 Å². The zero-order valence-corrected chi connectivity index (χ0v) is 24.5. The third-order valence-corrected chi connectivity index (χ3v) is 5.62. The summed E-state index contributed by atoms with van der Waals surface area (Å²) in [6, 6.07) is 31.2. The van der Waals surface area contributed by atoms with E-state index in [9.17, 15) is 0 Å². The maximum Gasteiger partial charge on any atom is 0.0888 e. The van der Waals surface area contributed by atoms with E-state index in [-0.39, 0.29) is 34.3 Å². The van der Waals surface area contributed by atoms with Crippen molar-refractivity contribution in [2.75, 3.05) is 6.54 Å². The smallest absolute Gasteiger partial charge is 0.0888 e. The van der Waals surface area contributed by atoms with Crippen LogP contribution in [0, 0.1) is 6.92 Å². The summed E-state index contributed by atoms with van der Waals surface area (Å²) in [5.74, 6) is 0. The summed E-state index contributed by atoms with van der Waals surface area (Å²) in [5, 5.41) is 0. The van der Waals surface area contributed by atoms with Crippen LogP contribution >= 0.6 is 0 Å². The predicted molar refractivity (Wildman–Crippen MR) is 173 cm³/mol. The van der Waals surface area contributed by atoms with Crippen LogP contribution in [0.1, 0.15) is 26.0 Å². The van der Waals surface area contributed by atoms with Gasteiger partial charge in [-0.05, 0) is 104 Å². The normalized spacial score (nSPS) is 9.26. The summed E-state index contributed by atoms with van der Waals surface area (Å²) in [7, 11) is 0. The molecule has 6 aromatic heterocycles. The van der Waals surface area contributed by atoms with Crippen LogP contribution in [0.4, 0.5) is 0 Å². The topological polar surface area (TPSA) is 103 Å². The second kappa shape index (κ2) is 20.4. The number of aromatic nitrogens is 6. The Hall–Kier alpha value is -4.52. The Kier molecular flexibility index (Phi) is 17.3. The zero-order chi connectivity index (χ0) is 27.8. The van der Waals surface area contributed by atoms with E-state index in [1.807, 2.05) is 103 Å². The molecule has 0 unspecified atom stereocenters. The van der Waals surface area contributed by atoms with E-state index in [0.29, 0.717) is 6.54 Å². The molecular weight excluding hydrogens is 620 g/mol. The van der Waals surface area contributed by atoms with Gasteiger partial charge in [-0.2, -0.15) is 0 Å². The van der Waals surface area contributed by atoms with E-state index in [1.54, 1.807) is 24.8 Å². The molecule has 222 valence electrons. The van der Waals surface area contributed by atoms with Gasteiger partial charge >= 0.3 is 0 Å². The molecule has 0 radical (unpaired) electrons. The molecule has 6 rings (SSSR count). The molecule has 0 aliphatic rings. The van der Waals surface area contributed by atoms with E-state index in [0.717, 1.165) is 40.6 Å². The predicted octanol–water partition coefficient (Wildman–Crippen LogP) is 7.51. The molecule has 0 saturated heterocycles. The van der Waals surface area contributed by atoms with Crippen LogP contribution in [-0.4, -0.2) is 36.4 Å². The number of hydrogen-bond acceptors (Lipinski definition) is 7. The fraction of sp³-hybridized carbons (Fsp3) is 0.143. The number of rotatable bonds is 5. The van der Waals surface area contributed by atoms with Crippen LogP contribution in [0.15, 0.2) is 134 Å². The van der Waals surface area contributed by atoms with Crippen LogP contribution in [0.2, 0.25) is 0 Å². The first kappa shape index (κ1) is 36.5. The Morgan fingerprint density at radius 2 is 0.837 bits per heavy atom. The first-order valence-electron chi connectivity index (χ1n) is 13.0. The molecule has 0 aliphatic heterocycles. The molecule has 0 fully saturated rings. The number of hydrogen-bond donors (Lipinski definition) is 1. The average molecular weight is 659 g/mol. The van der Waals surface area contributed by atoms with Gasteiger partial charge in [-0.1, -0.05) is 39.1 Å². The van der Waals surface area contributed by atoms with Gasteiger partial charge in [-0.15, -0.1) is 0 Å². The fourth-order valence-corrected chi connectivity index (χ4v) is 3.67. The molecule has 0 amide bonds. The van der Waals surface area contributed by atoms with Gasteiger partial charge < -0.3 is 5.73 Å². The molecule has 7 nitrogen and oxygen atoms in total. The Morgan fingerprint density at radius 1 is 0.465 bits per heavy atom. The Labute approximate surface area is 268 Å². The van der Waals surface area contributed by atoms with Gasteiger partial charge in [0.2, 0.25) is 0 Å². The molecule has 6 aromatic rings. The van der Waals surface area contributed by atoms with Crippen molar-refractivity contribution in [2.24, 2.45) is 5.73 Å². The number of aryl methyl sites for hydroxylation is 1. The van der Waals surface area contributed by atoms with Crippen LogP contribution in [0.25, 0.3) is 34.2 Å². The van der Waals surface area contributed by atoms with E-state index in [1.165, 1.54) is 11.1 Å². The molecule has 0 bridgehead atoms. The summed E-state index contributed by atoms with van der Waals surface area (Å²) in [6.07, 6.45) is 11.6. The maximum atomic E-state index is 5.54. The maximum absolute atomic E-state index is 5.54. The Balaban J connectivity index is 0.000000316. The van der Waals surface area contributed by atoms with Crippen molar-refractivity contribution in [1.29, 1.82) is 0 Å². The van der Waals surface area contributed by atoms with E-state index in [4.69, 9.17) is 5.73 Å². The van der Waals surface area contributed by atoms with Gasteiger partial charge in [0, 0.05) is 56.7 Å². The van der Waals surface area contributed by atoms with Crippen molar-refractivity contribution in [3.05, 3.63) is 145 Å². The van der Waals surface area contributed by atoms with Crippen LogP contribution in [0.5, 0.6) is 0 Å². The second-order valence-corrected chi connectivity index (χ2v) is 8.67. The van der Waals surface area contributed by atoms with Gasteiger partial charge in [0.1, 0.15) is 0 Å². The van der Waals surface area contributed by atoms with Crippen molar-refractivity contribution in [2.45, 2.75) is 28.2 Å². The summed E-state index contributed by atoms with van der Waals surface area (Å²) in [6.45, 7) is 2.71. The summed E-state index contributed by atoms with van der Waals surface area (Å²) < 4.78 is 0. The minimum absolute atomic E-state index is 0. The fourth-order valence-electron chi connectivity index (χ4n) is 3.67. The SMILES string of the molecule is C.C.Cc1ccnc(-c2cc(CCN)ccn2)c1.[Ru].c1ccc(-c2ccccn2)nc1.c1ccc(-c2ccccn2)nc1. The Morgan fingerprint density at radius 3 is 1.19 bits per heavy atom. The molecular formula is C35H39N7Ru. The first-order valence-corrected chi connectivity index (χ1v) is 13.0. The molecule has 6 heterocycles. The standard InChI is InChI=1S/C13H15N3.2C10H8N2.2CH4.Ru/c1-10-3-6-15-12(8-10)13-9-11(2-5-14)4-7-16-13;2*1-3-7-11-9(5-1)10-6-2-4-8-12-10;;;/h3-4,6-9H,2,5,14H2,1H3;2*1-8H;2*1H4;. The van der Waals surface area contributed by atoms with Gasteiger partial charge in [-0.25, -0.2) is 0 Å². The number of nitrogens with zero attached hydrogens (tertiary/aromatic N) is 6. The molecule has 0 aromatic carbocycles. The van der Waals surface area contributed by atoms with Crippen LogP contribution in [-0.2, 0) is 25.9 Å². The zero-order valence-electron chi connectivity index (χ0n) is 22.7. The summed E-state index contributed by atoms with van der Waals surface area (Å²) in [4.78, 5) is 25.4. The first-order chi connectivity index (χ1) is 19.7. The Bertz CT molecular complexity index is 1400. The largest absolute Gasteiger partial charge is 0.330 e. The van der Waals surface area contributed by atoms with E-state index in [2.05, 4.69) is 42.9 Å². The van der Waals surface area contributed by atoms with Gasteiger partial charge in [-0.3, -0.25) is 29.9 Å². The second-order valence-electron chi connectivity index (χ2n) is 8.67. The van der Waals surface area contributed by atoms with Gasteiger partial charge in [0.25, 0.3) is 0 Å². The van der Waals surface area contributed by atoms with Crippen molar-refractivity contribution in [1.82, 2.24) is 29.9 Å². The monoisotopic (exact) mass is 659 g/mol. The van der Waals surface area contributed by atoms with E-state index >= 15 is 0 Å². The molecule has 0 aliphatic carbocycles. The van der Waals surface area contributed by atoms with Crippen molar-refractivity contribution in [3.63, 3.8) is 0 Å². The van der Waals surface area contributed by atoms with Crippen molar-refractivity contribution < 1.29 is 19.5 Å². The molecule has 0 spiro atoms. The minimum atomic E-state index is 0. The molecule has 0 saturated carbocycles. The molecule has 2 N–H and O–H groups in total. The number of pyridine rings is 6. The van der Waals surface area contributed by atoms with Gasteiger partial charge in [0.15, 0.2) is 0 Å². The number of nitrogens with two attached hydrogens (primary N) is 1. The molecule has 8 heteroatoms.